The van der Waals surface area contributed by atoms with Crippen LogP contribution < -0.4 is 10.6 Å². The number of carbonyl (C=O) groups excluding carboxylic acids is 1. The first-order chi connectivity index (χ1) is 6.81. The van der Waals surface area contributed by atoms with Gasteiger partial charge in [-0.1, -0.05) is 0 Å². The first-order valence-corrected chi connectivity index (χ1v) is 5.21. The maximum absolute atomic E-state index is 11.2. The number of hydrogen-bond donors (Lipinski definition) is 2. The Hall–Kier alpha value is -0.610. The molecule has 14 heavy (non-hydrogen) atoms. The number of ether oxygens (including phenoxy) is 1. The van der Waals surface area contributed by atoms with Gasteiger partial charge in [-0.3, -0.25) is 4.79 Å². The van der Waals surface area contributed by atoms with Crippen molar-refractivity contribution in [3.8, 4) is 0 Å². The number of unbranched alkanes of at least 4 members (excludes halogenated alkanes) is 1. The van der Waals surface area contributed by atoms with Crippen molar-refractivity contribution < 1.29 is 9.53 Å². The highest BCUT2D eigenvalue weighted by molar-refractivity contribution is 5.75. The minimum absolute atomic E-state index is 0.150. The van der Waals surface area contributed by atoms with Crippen molar-refractivity contribution in [3.05, 3.63) is 0 Å². The van der Waals surface area contributed by atoms with Crippen LogP contribution in [0.2, 0.25) is 0 Å². The molecule has 0 spiro atoms. The minimum Gasteiger partial charge on any atom is -0.385 e. The molecule has 0 heterocycles. The molecule has 0 aliphatic carbocycles. The fourth-order valence-corrected chi connectivity index (χ4v) is 1.12. The van der Waals surface area contributed by atoms with E-state index in [2.05, 4.69) is 10.6 Å². The van der Waals surface area contributed by atoms with Gasteiger partial charge in [-0.2, -0.15) is 0 Å². The largest absolute Gasteiger partial charge is 0.385 e. The summed E-state index contributed by atoms with van der Waals surface area (Å²) in [5, 5.41) is 5.91. The maximum atomic E-state index is 11.2. The third kappa shape index (κ3) is 9.48. The summed E-state index contributed by atoms with van der Waals surface area (Å²) in [5.74, 6) is 0.150. The quantitative estimate of drug-likeness (QED) is 0.536. The summed E-state index contributed by atoms with van der Waals surface area (Å²) < 4.78 is 4.88. The van der Waals surface area contributed by atoms with Gasteiger partial charge in [-0.15, -0.1) is 0 Å². The number of methoxy groups -OCH3 is 1. The van der Waals surface area contributed by atoms with Gasteiger partial charge in [0, 0.05) is 26.7 Å². The molecule has 0 aliphatic heterocycles. The molecule has 0 aromatic rings. The van der Waals surface area contributed by atoms with Crippen LogP contribution >= 0.6 is 0 Å². The zero-order valence-corrected chi connectivity index (χ0v) is 9.27. The summed E-state index contributed by atoms with van der Waals surface area (Å²) in [5.41, 5.74) is 0. The van der Waals surface area contributed by atoms with E-state index in [4.69, 9.17) is 4.74 Å². The van der Waals surface area contributed by atoms with E-state index in [1.807, 2.05) is 7.05 Å². The van der Waals surface area contributed by atoms with E-state index in [0.717, 1.165) is 32.4 Å². The molecule has 0 aliphatic rings. The lowest BCUT2D eigenvalue weighted by atomic mass is 10.2. The van der Waals surface area contributed by atoms with Gasteiger partial charge in [0.2, 0.25) is 5.91 Å². The summed E-state index contributed by atoms with van der Waals surface area (Å²) >= 11 is 0. The van der Waals surface area contributed by atoms with E-state index in [-0.39, 0.29) is 5.91 Å². The Kier molecular flexibility index (Phi) is 10.0. The molecule has 1 amide bonds. The highest BCUT2D eigenvalue weighted by atomic mass is 16.5. The SMILES string of the molecule is CNCCCCC(=O)NCCCOC. The van der Waals surface area contributed by atoms with Crippen molar-refractivity contribution in [1.29, 1.82) is 0 Å². The van der Waals surface area contributed by atoms with Gasteiger partial charge in [-0.05, 0) is 32.9 Å². The number of rotatable bonds is 9. The van der Waals surface area contributed by atoms with Crippen LogP contribution in [0.5, 0.6) is 0 Å². The van der Waals surface area contributed by atoms with Crippen LogP contribution in [-0.4, -0.2) is 39.8 Å². The molecular formula is C10H22N2O2. The summed E-state index contributed by atoms with van der Waals surface area (Å²) in [4.78, 5) is 11.2. The molecule has 0 fully saturated rings. The molecule has 0 unspecified atom stereocenters. The minimum atomic E-state index is 0.150. The van der Waals surface area contributed by atoms with Gasteiger partial charge in [0.15, 0.2) is 0 Å². The molecule has 84 valence electrons. The molecular weight excluding hydrogens is 180 g/mol. The van der Waals surface area contributed by atoms with Crippen LogP contribution in [0, 0.1) is 0 Å². The summed E-state index contributed by atoms with van der Waals surface area (Å²) in [6, 6.07) is 0. The average Bonchev–Trinajstić information content (AvgIpc) is 2.19. The molecule has 0 atom stereocenters. The molecule has 4 nitrogen and oxygen atoms in total. The molecule has 0 rings (SSSR count). The number of amides is 1. The third-order valence-corrected chi connectivity index (χ3v) is 1.93. The van der Waals surface area contributed by atoms with Gasteiger partial charge in [0.25, 0.3) is 0 Å². The zero-order valence-electron chi connectivity index (χ0n) is 9.27. The summed E-state index contributed by atoms with van der Waals surface area (Å²) in [6.07, 6.45) is 3.53. The van der Waals surface area contributed by atoms with Gasteiger partial charge >= 0.3 is 0 Å². The molecule has 0 bridgehead atoms. The Bertz CT molecular complexity index is 126. The lowest BCUT2D eigenvalue weighted by Gasteiger charge is -2.04. The van der Waals surface area contributed by atoms with Crippen molar-refractivity contribution in [2.45, 2.75) is 25.7 Å². The normalized spacial score (nSPS) is 10.1. The first kappa shape index (κ1) is 13.4. The van der Waals surface area contributed by atoms with E-state index >= 15 is 0 Å². The third-order valence-electron chi connectivity index (χ3n) is 1.93. The molecule has 4 heteroatoms. The smallest absolute Gasteiger partial charge is 0.219 e. The van der Waals surface area contributed by atoms with Gasteiger partial charge in [-0.25, -0.2) is 0 Å². The predicted octanol–water partition coefficient (Wildman–Crippen LogP) is 0.529. The Morgan fingerprint density at radius 2 is 2.00 bits per heavy atom. The Balaban J connectivity index is 3.11. The fourth-order valence-electron chi connectivity index (χ4n) is 1.12. The van der Waals surface area contributed by atoms with Crippen LogP contribution in [-0.2, 0) is 9.53 Å². The second kappa shape index (κ2) is 10.5. The summed E-state index contributed by atoms with van der Waals surface area (Å²) in [7, 11) is 3.59. The van der Waals surface area contributed by atoms with Crippen LogP contribution in [0.1, 0.15) is 25.7 Å². The monoisotopic (exact) mass is 202 g/mol. The lowest BCUT2D eigenvalue weighted by Crippen LogP contribution is -2.25. The van der Waals surface area contributed by atoms with E-state index in [1.54, 1.807) is 7.11 Å². The van der Waals surface area contributed by atoms with Crippen LogP contribution in [0.4, 0.5) is 0 Å². The zero-order chi connectivity index (χ0) is 10.6. The Morgan fingerprint density at radius 1 is 1.21 bits per heavy atom. The molecule has 2 N–H and O–H groups in total. The van der Waals surface area contributed by atoms with Crippen molar-refractivity contribution in [2.75, 3.05) is 33.9 Å². The Morgan fingerprint density at radius 3 is 2.64 bits per heavy atom. The van der Waals surface area contributed by atoms with E-state index in [1.165, 1.54) is 0 Å². The van der Waals surface area contributed by atoms with E-state index in [0.29, 0.717) is 13.0 Å². The molecule has 0 saturated heterocycles. The van der Waals surface area contributed by atoms with E-state index < -0.39 is 0 Å². The van der Waals surface area contributed by atoms with Gasteiger partial charge in [0.05, 0.1) is 0 Å². The van der Waals surface area contributed by atoms with Crippen LogP contribution in [0.25, 0.3) is 0 Å². The molecule has 0 radical (unpaired) electrons. The highest BCUT2D eigenvalue weighted by Crippen LogP contribution is 1.93. The van der Waals surface area contributed by atoms with E-state index in [9.17, 15) is 4.79 Å². The van der Waals surface area contributed by atoms with Crippen LogP contribution in [0.15, 0.2) is 0 Å². The van der Waals surface area contributed by atoms with Crippen LogP contribution in [0.3, 0.4) is 0 Å². The van der Waals surface area contributed by atoms with Gasteiger partial charge < -0.3 is 15.4 Å². The molecule has 0 aromatic heterocycles. The Labute approximate surface area is 86.4 Å². The number of hydrogen-bond acceptors (Lipinski definition) is 3. The first-order valence-electron chi connectivity index (χ1n) is 5.21. The van der Waals surface area contributed by atoms with Crippen molar-refractivity contribution in [3.63, 3.8) is 0 Å². The standard InChI is InChI=1S/C10H22N2O2/c1-11-7-4-3-6-10(13)12-8-5-9-14-2/h11H,3-9H2,1-2H3,(H,12,13). The molecule has 0 aromatic carbocycles. The number of nitrogens with one attached hydrogen (secondary N) is 2. The second-order valence-electron chi connectivity index (χ2n) is 3.26. The second-order valence-corrected chi connectivity index (χ2v) is 3.26. The maximum Gasteiger partial charge on any atom is 0.219 e. The lowest BCUT2D eigenvalue weighted by molar-refractivity contribution is -0.121. The average molecular weight is 202 g/mol. The topological polar surface area (TPSA) is 50.4 Å². The highest BCUT2D eigenvalue weighted by Gasteiger charge is 1.99. The fraction of sp³-hybridized carbons (Fsp3) is 0.900. The van der Waals surface area contributed by atoms with Crippen molar-refractivity contribution >= 4 is 5.91 Å². The number of carbonyl (C=O) groups is 1. The summed E-state index contributed by atoms with van der Waals surface area (Å²) in [6.45, 7) is 2.41. The van der Waals surface area contributed by atoms with Crippen molar-refractivity contribution in [2.24, 2.45) is 0 Å². The predicted molar refractivity (Wildman–Crippen MR) is 57.3 cm³/mol. The molecule has 0 saturated carbocycles. The van der Waals surface area contributed by atoms with Gasteiger partial charge in [0.1, 0.15) is 0 Å². The van der Waals surface area contributed by atoms with Crippen molar-refractivity contribution in [1.82, 2.24) is 10.6 Å².